The van der Waals surface area contributed by atoms with Crippen LogP contribution in [0.1, 0.15) is 25.0 Å². The van der Waals surface area contributed by atoms with Crippen molar-refractivity contribution in [3.63, 3.8) is 0 Å². The van der Waals surface area contributed by atoms with Gasteiger partial charge in [-0.15, -0.1) is 0 Å². The highest BCUT2D eigenvalue weighted by Crippen LogP contribution is 2.14. The molecule has 0 bridgehead atoms. The quantitative estimate of drug-likeness (QED) is 0.861. The number of morpholine rings is 1. The second kappa shape index (κ2) is 7.35. The van der Waals surface area contributed by atoms with Crippen LogP contribution < -0.4 is 5.32 Å². The molecular formula is C15H24N2O3S. The SMILES string of the molecule is CC(C)NCc1cccc(CS(=O)(=O)N2CCOCC2)c1. The summed E-state index contributed by atoms with van der Waals surface area (Å²) in [4.78, 5) is 0. The Morgan fingerprint density at radius 2 is 1.90 bits per heavy atom. The minimum Gasteiger partial charge on any atom is -0.379 e. The summed E-state index contributed by atoms with van der Waals surface area (Å²) in [5.41, 5.74) is 1.95. The summed E-state index contributed by atoms with van der Waals surface area (Å²) in [5, 5.41) is 3.34. The van der Waals surface area contributed by atoms with E-state index >= 15 is 0 Å². The predicted octanol–water partition coefficient (Wildman–Crippen LogP) is 1.35. The van der Waals surface area contributed by atoms with Crippen molar-refractivity contribution in [1.29, 1.82) is 0 Å². The first-order valence-corrected chi connectivity index (χ1v) is 8.95. The molecule has 1 saturated heterocycles. The van der Waals surface area contributed by atoms with Crippen LogP contribution in [0.2, 0.25) is 0 Å². The Bertz CT molecular complexity index is 552. The third-order valence-electron chi connectivity index (χ3n) is 3.42. The topological polar surface area (TPSA) is 58.6 Å². The predicted molar refractivity (Wildman–Crippen MR) is 83.4 cm³/mol. The summed E-state index contributed by atoms with van der Waals surface area (Å²) in [5.74, 6) is 0.0581. The number of hydrogen-bond donors (Lipinski definition) is 1. The molecule has 0 unspecified atom stereocenters. The van der Waals surface area contributed by atoms with Crippen LogP contribution in [-0.4, -0.2) is 45.1 Å². The zero-order chi connectivity index (χ0) is 15.3. The van der Waals surface area contributed by atoms with E-state index in [0.717, 1.165) is 17.7 Å². The lowest BCUT2D eigenvalue weighted by Gasteiger charge is -2.26. The molecule has 1 aliphatic heterocycles. The van der Waals surface area contributed by atoms with Gasteiger partial charge in [0.2, 0.25) is 10.0 Å². The van der Waals surface area contributed by atoms with Gasteiger partial charge in [-0.2, -0.15) is 4.31 Å². The average molecular weight is 312 g/mol. The van der Waals surface area contributed by atoms with E-state index < -0.39 is 10.0 Å². The molecule has 0 radical (unpaired) electrons. The largest absolute Gasteiger partial charge is 0.379 e. The van der Waals surface area contributed by atoms with E-state index in [-0.39, 0.29) is 5.75 Å². The molecule has 0 saturated carbocycles. The number of rotatable bonds is 6. The van der Waals surface area contributed by atoms with Gasteiger partial charge in [0.05, 0.1) is 19.0 Å². The van der Waals surface area contributed by atoms with Crippen LogP contribution in [0, 0.1) is 0 Å². The van der Waals surface area contributed by atoms with Gasteiger partial charge in [-0.3, -0.25) is 0 Å². The molecular weight excluding hydrogens is 288 g/mol. The van der Waals surface area contributed by atoms with Crippen molar-refractivity contribution in [2.24, 2.45) is 0 Å². The maximum Gasteiger partial charge on any atom is 0.218 e. The van der Waals surface area contributed by atoms with Crippen molar-refractivity contribution in [3.05, 3.63) is 35.4 Å². The van der Waals surface area contributed by atoms with E-state index in [1.54, 1.807) is 0 Å². The first-order chi connectivity index (χ1) is 9.97. The van der Waals surface area contributed by atoms with E-state index in [2.05, 4.69) is 19.2 Å². The van der Waals surface area contributed by atoms with E-state index in [1.807, 2.05) is 24.3 Å². The van der Waals surface area contributed by atoms with E-state index in [0.29, 0.717) is 32.3 Å². The highest BCUT2D eigenvalue weighted by molar-refractivity contribution is 7.88. The van der Waals surface area contributed by atoms with Gasteiger partial charge in [-0.1, -0.05) is 38.1 Å². The molecule has 0 aliphatic carbocycles. The minimum absolute atomic E-state index is 0.0581. The van der Waals surface area contributed by atoms with Crippen molar-refractivity contribution in [3.8, 4) is 0 Å². The van der Waals surface area contributed by atoms with Crippen LogP contribution in [0.25, 0.3) is 0 Å². The van der Waals surface area contributed by atoms with Crippen LogP contribution in [0.15, 0.2) is 24.3 Å². The molecule has 1 N–H and O–H groups in total. The summed E-state index contributed by atoms with van der Waals surface area (Å²) >= 11 is 0. The van der Waals surface area contributed by atoms with Crippen LogP contribution >= 0.6 is 0 Å². The van der Waals surface area contributed by atoms with Gasteiger partial charge in [-0.05, 0) is 11.1 Å². The Labute approximate surface area is 127 Å². The molecule has 6 heteroatoms. The Morgan fingerprint density at radius 3 is 2.57 bits per heavy atom. The smallest absolute Gasteiger partial charge is 0.218 e. The standard InChI is InChI=1S/C15H24N2O3S/c1-13(2)16-11-14-4-3-5-15(10-14)12-21(18,19)17-6-8-20-9-7-17/h3-5,10,13,16H,6-9,11-12H2,1-2H3. The molecule has 2 rings (SSSR count). The molecule has 0 aromatic heterocycles. The summed E-state index contributed by atoms with van der Waals surface area (Å²) in [6.45, 7) is 6.81. The van der Waals surface area contributed by atoms with Crippen LogP contribution in [0.4, 0.5) is 0 Å². The van der Waals surface area contributed by atoms with Crippen LogP contribution in [-0.2, 0) is 27.1 Å². The Hall–Kier alpha value is -0.950. The fraction of sp³-hybridized carbons (Fsp3) is 0.600. The van der Waals surface area contributed by atoms with E-state index in [1.165, 1.54) is 4.31 Å². The van der Waals surface area contributed by atoms with Crippen molar-refractivity contribution < 1.29 is 13.2 Å². The van der Waals surface area contributed by atoms with Gasteiger partial charge < -0.3 is 10.1 Å². The monoisotopic (exact) mass is 312 g/mol. The number of hydrogen-bond acceptors (Lipinski definition) is 4. The van der Waals surface area contributed by atoms with Gasteiger partial charge in [0.1, 0.15) is 0 Å². The lowest BCUT2D eigenvalue weighted by atomic mass is 10.1. The normalized spacial score (nSPS) is 17.3. The third kappa shape index (κ3) is 5.07. The molecule has 118 valence electrons. The molecule has 0 amide bonds. The van der Waals surface area contributed by atoms with Gasteiger partial charge in [-0.25, -0.2) is 8.42 Å². The molecule has 1 aromatic rings. The number of benzene rings is 1. The van der Waals surface area contributed by atoms with E-state index in [9.17, 15) is 8.42 Å². The van der Waals surface area contributed by atoms with Crippen molar-refractivity contribution in [2.45, 2.75) is 32.2 Å². The van der Waals surface area contributed by atoms with Crippen LogP contribution in [0.5, 0.6) is 0 Å². The molecule has 21 heavy (non-hydrogen) atoms. The number of sulfonamides is 1. The molecule has 1 aromatic carbocycles. The van der Waals surface area contributed by atoms with Crippen molar-refractivity contribution in [2.75, 3.05) is 26.3 Å². The van der Waals surface area contributed by atoms with Crippen molar-refractivity contribution in [1.82, 2.24) is 9.62 Å². The number of ether oxygens (including phenoxy) is 1. The zero-order valence-corrected chi connectivity index (χ0v) is 13.5. The van der Waals surface area contributed by atoms with Crippen molar-refractivity contribution >= 4 is 10.0 Å². The molecule has 5 nitrogen and oxygen atoms in total. The first kappa shape index (κ1) is 16.4. The zero-order valence-electron chi connectivity index (χ0n) is 12.7. The van der Waals surface area contributed by atoms with E-state index in [4.69, 9.17) is 4.74 Å². The molecule has 0 atom stereocenters. The third-order valence-corrected chi connectivity index (χ3v) is 5.27. The van der Waals surface area contributed by atoms with Gasteiger partial charge in [0.15, 0.2) is 0 Å². The highest BCUT2D eigenvalue weighted by atomic mass is 32.2. The summed E-state index contributed by atoms with van der Waals surface area (Å²) in [6, 6.07) is 8.18. The Morgan fingerprint density at radius 1 is 1.24 bits per heavy atom. The number of nitrogens with one attached hydrogen (secondary N) is 1. The molecule has 0 spiro atoms. The summed E-state index contributed by atoms with van der Waals surface area (Å²) in [6.07, 6.45) is 0. The molecule has 1 fully saturated rings. The average Bonchev–Trinajstić information content (AvgIpc) is 2.46. The fourth-order valence-electron chi connectivity index (χ4n) is 2.28. The number of nitrogens with zero attached hydrogens (tertiary/aromatic N) is 1. The second-order valence-electron chi connectivity index (χ2n) is 5.62. The maximum atomic E-state index is 12.4. The molecule has 1 aliphatic rings. The second-order valence-corrected chi connectivity index (χ2v) is 7.59. The first-order valence-electron chi connectivity index (χ1n) is 7.34. The van der Waals surface area contributed by atoms with Crippen LogP contribution in [0.3, 0.4) is 0 Å². The van der Waals surface area contributed by atoms with Gasteiger partial charge in [0, 0.05) is 25.7 Å². The summed E-state index contributed by atoms with van der Waals surface area (Å²) in [7, 11) is -3.25. The molecule has 1 heterocycles. The fourth-order valence-corrected chi connectivity index (χ4v) is 3.77. The van der Waals surface area contributed by atoms with Gasteiger partial charge >= 0.3 is 0 Å². The highest BCUT2D eigenvalue weighted by Gasteiger charge is 2.24. The lowest BCUT2D eigenvalue weighted by Crippen LogP contribution is -2.41. The maximum absolute atomic E-state index is 12.4. The summed E-state index contributed by atoms with van der Waals surface area (Å²) < 4.78 is 31.5. The minimum atomic E-state index is -3.25. The Balaban J connectivity index is 2.02. The lowest BCUT2D eigenvalue weighted by molar-refractivity contribution is 0.0729. The Kier molecular flexibility index (Phi) is 5.75. The van der Waals surface area contributed by atoms with Gasteiger partial charge in [0.25, 0.3) is 0 Å².